The lowest BCUT2D eigenvalue weighted by Gasteiger charge is -2.03. The Hall–Kier alpha value is -1.85. The van der Waals surface area contributed by atoms with Gasteiger partial charge in [0.05, 0.1) is 0 Å². The van der Waals surface area contributed by atoms with E-state index < -0.39 is 17.2 Å². The SMILES string of the molecule is CCCCCNC(=O)c1cc(=O)[nH]c(=O)[nH]1. The fourth-order valence-corrected chi connectivity index (χ4v) is 1.26. The smallest absolute Gasteiger partial charge is 0.326 e. The van der Waals surface area contributed by atoms with Crippen molar-refractivity contribution in [3.8, 4) is 0 Å². The number of unbranched alkanes of at least 4 members (excludes halogenated alkanes) is 2. The van der Waals surface area contributed by atoms with Gasteiger partial charge in [-0.05, 0) is 6.42 Å². The highest BCUT2D eigenvalue weighted by Gasteiger charge is 2.06. The highest BCUT2D eigenvalue weighted by Crippen LogP contribution is 1.92. The molecule has 0 spiro atoms. The molecule has 0 unspecified atom stereocenters. The molecule has 16 heavy (non-hydrogen) atoms. The first kappa shape index (κ1) is 12.2. The first-order valence-electron chi connectivity index (χ1n) is 5.25. The zero-order valence-electron chi connectivity index (χ0n) is 9.13. The van der Waals surface area contributed by atoms with E-state index >= 15 is 0 Å². The van der Waals surface area contributed by atoms with Gasteiger partial charge in [0.2, 0.25) is 0 Å². The first-order valence-corrected chi connectivity index (χ1v) is 5.25. The van der Waals surface area contributed by atoms with Gasteiger partial charge in [-0.3, -0.25) is 14.6 Å². The van der Waals surface area contributed by atoms with Gasteiger partial charge in [0.15, 0.2) is 0 Å². The van der Waals surface area contributed by atoms with Crippen molar-refractivity contribution in [3.63, 3.8) is 0 Å². The minimum atomic E-state index is -0.675. The van der Waals surface area contributed by atoms with Crippen molar-refractivity contribution >= 4 is 5.91 Å². The number of hydrogen-bond acceptors (Lipinski definition) is 3. The fraction of sp³-hybridized carbons (Fsp3) is 0.500. The summed E-state index contributed by atoms with van der Waals surface area (Å²) in [5.74, 6) is -0.431. The van der Waals surface area contributed by atoms with Gasteiger partial charge >= 0.3 is 5.69 Å². The van der Waals surface area contributed by atoms with Crippen LogP contribution in [0.1, 0.15) is 36.7 Å². The van der Waals surface area contributed by atoms with Gasteiger partial charge < -0.3 is 10.3 Å². The molecule has 1 aromatic rings. The van der Waals surface area contributed by atoms with Crippen molar-refractivity contribution in [2.24, 2.45) is 0 Å². The average Bonchev–Trinajstić information content (AvgIpc) is 2.22. The van der Waals surface area contributed by atoms with E-state index in [1.54, 1.807) is 0 Å². The van der Waals surface area contributed by atoms with Crippen LogP contribution >= 0.6 is 0 Å². The molecule has 0 aliphatic heterocycles. The summed E-state index contributed by atoms with van der Waals surface area (Å²) >= 11 is 0. The lowest BCUT2D eigenvalue weighted by Crippen LogP contribution is -2.31. The molecule has 0 saturated carbocycles. The molecule has 1 aromatic heterocycles. The summed E-state index contributed by atoms with van der Waals surface area (Å²) in [6.07, 6.45) is 2.99. The number of rotatable bonds is 5. The van der Waals surface area contributed by atoms with Crippen molar-refractivity contribution in [1.82, 2.24) is 15.3 Å². The topological polar surface area (TPSA) is 94.8 Å². The molecule has 6 nitrogen and oxygen atoms in total. The molecule has 6 heteroatoms. The number of H-pyrrole nitrogens is 2. The average molecular weight is 225 g/mol. The molecule has 1 amide bonds. The quantitative estimate of drug-likeness (QED) is 0.615. The van der Waals surface area contributed by atoms with E-state index in [4.69, 9.17) is 0 Å². The Kier molecular flexibility index (Phi) is 4.50. The number of hydrogen-bond donors (Lipinski definition) is 3. The summed E-state index contributed by atoms with van der Waals surface area (Å²) in [6.45, 7) is 2.61. The second-order valence-electron chi connectivity index (χ2n) is 3.46. The number of amides is 1. The number of carbonyl (C=O) groups is 1. The zero-order valence-corrected chi connectivity index (χ0v) is 9.13. The van der Waals surface area contributed by atoms with E-state index in [0.29, 0.717) is 6.54 Å². The summed E-state index contributed by atoms with van der Waals surface area (Å²) in [5.41, 5.74) is -1.26. The molecule has 3 N–H and O–H groups in total. The molecule has 0 aliphatic rings. The minimum Gasteiger partial charge on any atom is -0.351 e. The van der Waals surface area contributed by atoms with Gasteiger partial charge in [-0.1, -0.05) is 19.8 Å². The van der Waals surface area contributed by atoms with Crippen molar-refractivity contribution in [1.29, 1.82) is 0 Å². The van der Waals surface area contributed by atoms with Crippen LogP contribution in [0.5, 0.6) is 0 Å². The van der Waals surface area contributed by atoms with Crippen LogP contribution < -0.4 is 16.6 Å². The molecule has 0 saturated heterocycles. The Bertz CT molecular complexity index is 433. The minimum absolute atomic E-state index is 0.00903. The van der Waals surface area contributed by atoms with Gasteiger partial charge in [0.1, 0.15) is 5.69 Å². The monoisotopic (exact) mass is 225 g/mol. The van der Waals surface area contributed by atoms with Gasteiger partial charge in [-0.2, -0.15) is 0 Å². The fourth-order valence-electron chi connectivity index (χ4n) is 1.26. The van der Waals surface area contributed by atoms with Crippen molar-refractivity contribution < 1.29 is 4.79 Å². The highest BCUT2D eigenvalue weighted by molar-refractivity contribution is 5.91. The Morgan fingerprint density at radius 3 is 2.69 bits per heavy atom. The molecule has 88 valence electrons. The number of nitrogens with one attached hydrogen (secondary N) is 3. The molecule has 1 heterocycles. The predicted octanol–water partition coefficient (Wildman–Crippen LogP) is -0.0168. The zero-order chi connectivity index (χ0) is 12.0. The molecule has 0 fully saturated rings. The Labute approximate surface area is 92.1 Å². The third kappa shape index (κ3) is 3.72. The molecule has 0 bridgehead atoms. The van der Waals surface area contributed by atoms with Crippen LogP contribution in [-0.2, 0) is 0 Å². The van der Waals surface area contributed by atoms with E-state index in [2.05, 4.69) is 17.2 Å². The van der Waals surface area contributed by atoms with Crippen LogP contribution in [-0.4, -0.2) is 22.4 Å². The summed E-state index contributed by atoms with van der Waals surface area (Å²) in [7, 11) is 0. The Morgan fingerprint density at radius 1 is 1.31 bits per heavy atom. The second-order valence-corrected chi connectivity index (χ2v) is 3.46. The first-order chi connectivity index (χ1) is 7.63. The molecular weight excluding hydrogens is 210 g/mol. The largest absolute Gasteiger partial charge is 0.351 e. The van der Waals surface area contributed by atoms with E-state index in [0.717, 1.165) is 25.3 Å². The lowest BCUT2D eigenvalue weighted by molar-refractivity contribution is 0.0947. The number of carbonyl (C=O) groups excluding carboxylic acids is 1. The van der Waals surface area contributed by atoms with Crippen molar-refractivity contribution in [2.75, 3.05) is 6.54 Å². The summed E-state index contributed by atoms with van der Waals surface area (Å²) in [6, 6.07) is 1.07. The maximum Gasteiger partial charge on any atom is 0.326 e. The molecule has 0 aromatic carbocycles. The van der Waals surface area contributed by atoms with Gasteiger partial charge in [-0.25, -0.2) is 4.79 Å². The third-order valence-corrected chi connectivity index (χ3v) is 2.07. The van der Waals surface area contributed by atoms with Crippen molar-refractivity contribution in [3.05, 3.63) is 32.6 Å². The van der Waals surface area contributed by atoms with E-state index in [-0.39, 0.29) is 5.69 Å². The normalized spacial score (nSPS) is 10.1. The van der Waals surface area contributed by atoms with Crippen LogP contribution in [0.2, 0.25) is 0 Å². The van der Waals surface area contributed by atoms with E-state index in [9.17, 15) is 14.4 Å². The van der Waals surface area contributed by atoms with Crippen LogP contribution in [0.3, 0.4) is 0 Å². The van der Waals surface area contributed by atoms with Crippen LogP contribution in [0.25, 0.3) is 0 Å². The highest BCUT2D eigenvalue weighted by atomic mass is 16.2. The molecule has 1 rings (SSSR count). The number of aromatic amines is 2. The standard InChI is InChI=1S/C10H15N3O3/c1-2-3-4-5-11-9(15)7-6-8(14)13-10(16)12-7/h6H,2-5H2,1H3,(H,11,15)(H2,12,13,14,16). The van der Waals surface area contributed by atoms with Crippen LogP contribution in [0, 0.1) is 0 Å². The Morgan fingerprint density at radius 2 is 2.06 bits per heavy atom. The second kappa shape index (κ2) is 5.89. The predicted molar refractivity (Wildman–Crippen MR) is 59.5 cm³/mol. The maximum atomic E-state index is 11.5. The number of aromatic nitrogens is 2. The van der Waals surface area contributed by atoms with E-state index in [1.807, 2.05) is 4.98 Å². The molecule has 0 aliphatic carbocycles. The van der Waals surface area contributed by atoms with E-state index in [1.165, 1.54) is 0 Å². The van der Waals surface area contributed by atoms with Gasteiger partial charge in [0, 0.05) is 12.6 Å². The van der Waals surface area contributed by atoms with Gasteiger partial charge in [-0.15, -0.1) is 0 Å². The van der Waals surface area contributed by atoms with Gasteiger partial charge in [0.25, 0.3) is 11.5 Å². The van der Waals surface area contributed by atoms with Crippen LogP contribution in [0.15, 0.2) is 15.7 Å². The molecular formula is C10H15N3O3. The maximum absolute atomic E-state index is 11.5. The summed E-state index contributed by atoms with van der Waals surface area (Å²) < 4.78 is 0. The Balaban J connectivity index is 2.59. The molecule has 0 atom stereocenters. The summed E-state index contributed by atoms with van der Waals surface area (Å²) in [5, 5.41) is 2.63. The molecule has 0 radical (unpaired) electrons. The third-order valence-electron chi connectivity index (χ3n) is 2.07. The summed E-state index contributed by atoms with van der Waals surface area (Å²) in [4.78, 5) is 37.6. The van der Waals surface area contributed by atoms with Crippen molar-refractivity contribution in [2.45, 2.75) is 26.2 Å². The lowest BCUT2D eigenvalue weighted by atomic mass is 10.2. The van der Waals surface area contributed by atoms with Crippen LogP contribution in [0.4, 0.5) is 0 Å².